The quantitative estimate of drug-likeness (QED) is 0.793. The number of halogens is 1. The van der Waals surface area contributed by atoms with E-state index in [1.54, 1.807) is 12.1 Å². The van der Waals surface area contributed by atoms with Crippen LogP contribution in [-0.4, -0.2) is 31.5 Å². The summed E-state index contributed by atoms with van der Waals surface area (Å²) in [6.45, 7) is 1.62. The minimum atomic E-state index is -0.733. The second-order valence-electron chi connectivity index (χ2n) is 4.01. The van der Waals surface area contributed by atoms with E-state index in [0.29, 0.717) is 0 Å². The Kier molecular flexibility index (Phi) is 5.95. The van der Waals surface area contributed by atoms with Gasteiger partial charge in [-0.1, -0.05) is 12.1 Å². The molecule has 0 aliphatic heterocycles. The van der Waals surface area contributed by atoms with E-state index >= 15 is 0 Å². The molecule has 6 heteroatoms. The minimum Gasteiger partial charge on any atom is -0.374 e. The highest BCUT2D eigenvalue weighted by Crippen LogP contribution is 2.04. The zero-order valence-electron chi connectivity index (χ0n) is 10.9. The molecule has 1 aromatic rings. The molecule has 2 amide bonds. The van der Waals surface area contributed by atoms with Gasteiger partial charge < -0.3 is 15.4 Å². The van der Waals surface area contributed by atoms with Gasteiger partial charge in [0.2, 0.25) is 11.8 Å². The Balaban J connectivity index is 2.45. The van der Waals surface area contributed by atoms with E-state index in [-0.39, 0.29) is 30.8 Å². The van der Waals surface area contributed by atoms with Gasteiger partial charge in [0, 0.05) is 14.0 Å². The van der Waals surface area contributed by atoms with E-state index in [0.717, 1.165) is 5.56 Å². The predicted molar refractivity (Wildman–Crippen MR) is 67.7 cm³/mol. The van der Waals surface area contributed by atoms with Gasteiger partial charge >= 0.3 is 0 Å². The van der Waals surface area contributed by atoms with Gasteiger partial charge in [-0.3, -0.25) is 9.59 Å². The van der Waals surface area contributed by atoms with Gasteiger partial charge in [-0.05, 0) is 17.7 Å². The third kappa shape index (κ3) is 5.48. The van der Waals surface area contributed by atoms with Crippen molar-refractivity contribution in [2.45, 2.75) is 19.6 Å². The van der Waals surface area contributed by atoms with E-state index in [2.05, 4.69) is 10.6 Å². The molecule has 0 bridgehead atoms. The number of ether oxygens (including phenoxy) is 1. The van der Waals surface area contributed by atoms with Crippen LogP contribution in [0.3, 0.4) is 0 Å². The summed E-state index contributed by atoms with van der Waals surface area (Å²) >= 11 is 0. The first-order valence-corrected chi connectivity index (χ1v) is 5.84. The van der Waals surface area contributed by atoms with Crippen LogP contribution >= 0.6 is 0 Å². The highest BCUT2D eigenvalue weighted by Gasteiger charge is 2.18. The first-order valence-electron chi connectivity index (χ1n) is 5.84. The van der Waals surface area contributed by atoms with Crippen molar-refractivity contribution in [3.8, 4) is 0 Å². The fourth-order valence-corrected chi connectivity index (χ4v) is 1.48. The molecule has 0 aromatic heterocycles. The van der Waals surface area contributed by atoms with Crippen molar-refractivity contribution >= 4 is 11.8 Å². The van der Waals surface area contributed by atoms with Crippen LogP contribution in [0.25, 0.3) is 0 Å². The average Bonchev–Trinajstić information content (AvgIpc) is 2.38. The van der Waals surface area contributed by atoms with Crippen LogP contribution < -0.4 is 10.6 Å². The third-order valence-electron chi connectivity index (χ3n) is 2.41. The molecular weight excluding hydrogens is 251 g/mol. The normalized spacial score (nSPS) is 11.7. The number of amides is 2. The van der Waals surface area contributed by atoms with Crippen molar-refractivity contribution in [1.82, 2.24) is 10.6 Å². The van der Waals surface area contributed by atoms with E-state index in [4.69, 9.17) is 4.74 Å². The molecule has 1 atom stereocenters. The van der Waals surface area contributed by atoms with Crippen LogP contribution in [0.2, 0.25) is 0 Å². The molecule has 0 fully saturated rings. The van der Waals surface area contributed by atoms with E-state index < -0.39 is 6.04 Å². The number of rotatable bonds is 6. The van der Waals surface area contributed by atoms with Gasteiger partial charge in [0.25, 0.3) is 0 Å². The van der Waals surface area contributed by atoms with Crippen molar-refractivity contribution in [3.05, 3.63) is 35.6 Å². The molecule has 0 heterocycles. The standard InChI is InChI=1S/C13H17FN2O3/c1-9(17)16-12(13(18)15-2)8-19-7-10-3-5-11(14)6-4-10/h3-6,12H,7-8H2,1-2H3,(H,15,18)(H,16,17). The molecule has 1 unspecified atom stereocenters. The number of nitrogens with one attached hydrogen (secondary N) is 2. The summed E-state index contributed by atoms with van der Waals surface area (Å²) in [7, 11) is 1.48. The monoisotopic (exact) mass is 268 g/mol. The number of hydrogen-bond acceptors (Lipinski definition) is 3. The Morgan fingerprint density at radius 3 is 2.47 bits per heavy atom. The van der Waals surface area contributed by atoms with Gasteiger partial charge in [-0.2, -0.15) is 0 Å². The van der Waals surface area contributed by atoms with Crippen LogP contribution in [0.15, 0.2) is 24.3 Å². The molecule has 2 N–H and O–H groups in total. The lowest BCUT2D eigenvalue weighted by Crippen LogP contribution is -2.47. The lowest BCUT2D eigenvalue weighted by atomic mass is 10.2. The SMILES string of the molecule is CNC(=O)C(COCc1ccc(F)cc1)NC(C)=O. The Morgan fingerprint density at radius 1 is 1.32 bits per heavy atom. The summed E-state index contributed by atoms with van der Waals surface area (Å²) in [5.74, 6) is -0.946. The largest absolute Gasteiger partial charge is 0.374 e. The molecule has 0 aliphatic carbocycles. The first kappa shape index (κ1) is 15.1. The van der Waals surface area contributed by atoms with Gasteiger partial charge in [-0.15, -0.1) is 0 Å². The van der Waals surface area contributed by atoms with Crippen LogP contribution in [0.4, 0.5) is 4.39 Å². The van der Waals surface area contributed by atoms with E-state index in [1.807, 2.05) is 0 Å². The summed E-state index contributed by atoms with van der Waals surface area (Å²) in [5.41, 5.74) is 0.792. The van der Waals surface area contributed by atoms with E-state index in [1.165, 1.54) is 26.1 Å². The van der Waals surface area contributed by atoms with E-state index in [9.17, 15) is 14.0 Å². The fourth-order valence-electron chi connectivity index (χ4n) is 1.48. The van der Waals surface area contributed by atoms with Crippen LogP contribution in [-0.2, 0) is 20.9 Å². The highest BCUT2D eigenvalue weighted by molar-refractivity contribution is 5.86. The van der Waals surface area contributed by atoms with Crippen molar-refractivity contribution in [2.75, 3.05) is 13.7 Å². The molecule has 19 heavy (non-hydrogen) atoms. The molecule has 0 aliphatic rings. The molecule has 1 rings (SSSR count). The molecule has 104 valence electrons. The molecule has 0 radical (unpaired) electrons. The van der Waals surface area contributed by atoms with Gasteiger partial charge in [0.1, 0.15) is 11.9 Å². The van der Waals surface area contributed by atoms with Gasteiger partial charge in [-0.25, -0.2) is 4.39 Å². The number of carbonyl (C=O) groups is 2. The second-order valence-corrected chi connectivity index (χ2v) is 4.01. The lowest BCUT2D eigenvalue weighted by Gasteiger charge is -2.16. The summed E-state index contributed by atoms with van der Waals surface area (Å²) < 4.78 is 18.0. The van der Waals surface area contributed by atoms with Crippen LogP contribution in [0, 0.1) is 5.82 Å². The zero-order chi connectivity index (χ0) is 14.3. The van der Waals surface area contributed by atoms with Gasteiger partial charge in [0.05, 0.1) is 13.2 Å². The second kappa shape index (κ2) is 7.48. The molecule has 5 nitrogen and oxygen atoms in total. The van der Waals surface area contributed by atoms with Gasteiger partial charge in [0.15, 0.2) is 0 Å². The van der Waals surface area contributed by atoms with Crippen LogP contribution in [0.1, 0.15) is 12.5 Å². The number of hydrogen-bond donors (Lipinski definition) is 2. The highest BCUT2D eigenvalue weighted by atomic mass is 19.1. The summed E-state index contributed by atoms with van der Waals surface area (Å²) in [4.78, 5) is 22.4. The molecule has 0 saturated carbocycles. The number of benzene rings is 1. The number of likely N-dealkylation sites (N-methyl/N-ethyl adjacent to an activating group) is 1. The lowest BCUT2D eigenvalue weighted by molar-refractivity contribution is -0.129. The summed E-state index contributed by atoms with van der Waals surface area (Å²) in [6.07, 6.45) is 0. The minimum absolute atomic E-state index is 0.0522. The van der Waals surface area contributed by atoms with Crippen molar-refractivity contribution in [3.63, 3.8) is 0 Å². The van der Waals surface area contributed by atoms with Crippen molar-refractivity contribution in [1.29, 1.82) is 0 Å². The Morgan fingerprint density at radius 2 is 1.95 bits per heavy atom. The molecular formula is C13H17FN2O3. The Hall–Kier alpha value is -1.95. The maximum Gasteiger partial charge on any atom is 0.244 e. The van der Waals surface area contributed by atoms with Crippen molar-refractivity contribution in [2.24, 2.45) is 0 Å². The maximum absolute atomic E-state index is 12.7. The molecule has 0 saturated heterocycles. The molecule has 0 spiro atoms. The smallest absolute Gasteiger partial charge is 0.244 e. The number of carbonyl (C=O) groups excluding carboxylic acids is 2. The summed E-state index contributed by atoms with van der Waals surface area (Å²) in [5, 5.41) is 4.93. The average molecular weight is 268 g/mol. The topological polar surface area (TPSA) is 67.4 Å². The third-order valence-corrected chi connectivity index (χ3v) is 2.41. The van der Waals surface area contributed by atoms with Crippen LogP contribution in [0.5, 0.6) is 0 Å². The first-order chi connectivity index (χ1) is 9.02. The fraction of sp³-hybridized carbons (Fsp3) is 0.385. The predicted octanol–water partition coefficient (Wildman–Crippen LogP) is 0.593. The molecule has 1 aromatic carbocycles. The summed E-state index contributed by atoms with van der Waals surface area (Å²) in [6, 6.07) is 5.14. The Bertz CT molecular complexity index is 434. The zero-order valence-corrected chi connectivity index (χ0v) is 10.9. The Labute approximate surface area is 111 Å². The maximum atomic E-state index is 12.7. The van der Waals surface area contributed by atoms with Crippen molar-refractivity contribution < 1.29 is 18.7 Å².